The first kappa shape index (κ1) is 23.3. The largest absolute Gasteiger partial charge is 0.502 e. The summed E-state index contributed by atoms with van der Waals surface area (Å²) in [7, 11) is 1.53. The lowest BCUT2D eigenvalue weighted by Gasteiger charge is -2.30. The number of aromatic nitrogens is 1. The van der Waals surface area contributed by atoms with Gasteiger partial charge in [0.2, 0.25) is 0 Å². The minimum atomic E-state index is -0.768. The molecule has 2 amide bonds. The molecule has 8 nitrogen and oxygen atoms in total. The molecule has 0 bridgehead atoms. The second-order valence-corrected chi connectivity index (χ2v) is 9.01. The highest BCUT2D eigenvalue weighted by molar-refractivity contribution is 6.30. The normalized spacial score (nSPS) is 17.7. The number of pyridine rings is 1. The van der Waals surface area contributed by atoms with Gasteiger partial charge in [0.1, 0.15) is 17.7 Å². The van der Waals surface area contributed by atoms with Gasteiger partial charge in [-0.2, -0.15) is 0 Å². The Bertz CT molecular complexity index is 1200. The van der Waals surface area contributed by atoms with Crippen LogP contribution in [0.25, 0.3) is 0 Å². The van der Waals surface area contributed by atoms with Gasteiger partial charge in [-0.1, -0.05) is 31.5 Å². The summed E-state index contributed by atoms with van der Waals surface area (Å²) in [6.45, 7) is 4.73. The van der Waals surface area contributed by atoms with Crippen molar-refractivity contribution in [3.63, 3.8) is 0 Å². The Kier molecular flexibility index (Phi) is 6.20. The van der Waals surface area contributed by atoms with Crippen LogP contribution in [-0.2, 0) is 17.7 Å². The van der Waals surface area contributed by atoms with E-state index in [0.717, 1.165) is 0 Å². The third-order valence-electron chi connectivity index (χ3n) is 6.16. The second kappa shape index (κ2) is 8.79. The number of hydrogen-bond donors (Lipinski definition) is 1. The van der Waals surface area contributed by atoms with Gasteiger partial charge in [0.15, 0.2) is 5.75 Å². The Balaban J connectivity index is 1.77. The first-order valence-electron chi connectivity index (χ1n) is 10.7. The van der Waals surface area contributed by atoms with E-state index >= 15 is 0 Å². The third-order valence-corrected chi connectivity index (χ3v) is 6.45. The standard InChI is InChI=1S/C23H25ClFN3O5/c1-12(2)20-27(8-9-33-3)22(31)18-14-6-7-26(11-13-4-5-16(25)15(24)10-13)21(30)17(14)19(29)23(32)28(18)20/h4-5,10,12,20,29H,6-9,11H2,1-3H3. The van der Waals surface area contributed by atoms with Gasteiger partial charge in [-0.3, -0.25) is 19.0 Å². The topological polar surface area (TPSA) is 92.1 Å². The summed E-state index contributed by atoms with van der Waals surface area (Å²) in [6.07, 6.45) is -0.297. The van der Waals surface area contributed by atoms with Crippen LogP contribution < -0.4 is 5.56 Å². The van der Waals surface area contributed by atoms with E-state index in [1.165, 1.54) is 34.8 Å². The molecule has 2 aromatic rings. The quantitative estimate of drug-likeness (QED) is 0.690. The van der Waals surface area contributed by atoms with E-state index in [-0.39, 0.29) is 54.2 Å². The first-order valence-corrected chi connectivity index (χ1v) is 11.1. The van der Waals surface area contributed by atoms with E-state index in [1.807, 2.05) is 13.8 Å². The van der Waals surface area contributed by atoms with Gasteiger partial charge < -0.3 is 19.6 Å². The van der Waals surface area contributed by atoms with E-state index in [4.69, 9.17) is 16.3 Å². The Morgan fingerprint density at radius 2 is 1.97 bits per heavy atom. The number of ether oxygens (including phenoxy) is 1. The van der Waals surface area contributed by atoms with Gasteiger partial charge in [-0.05, 0) is 30.0 Å². The molecular weight excluding hydrogens is 453 g/mol. The maximum atomic E-state index is 13.5. The Labute approximate surface area is 195 Å². The smallest absolute Gasteiger partial charge is 0.295 e. The van der Waals surface area contributed by atoms with Crippen LogP contribution in [0.2, 0.25) is 5.02 Å². The van der Waals surface area contributed by atoms with E-state index in [0.29, 0.717) is 17.7 Å². The number of carbonyl (C=O) groups excluding carboxylic acids is 2. The van der Waals surface area contributed by atoms with E-state index < -0.39 is 29.2 Å². The van der Waals surface area contributed by atoms with Gasteiger partial charge in [-0.25, -0.2) is 4.39 Å². The number of rotatable bonds is 6. The summed E-state index contributed by atoms with van der Waals surface area (Å²) in [5.74, 6) is -2.24. The van der Waals surface area contributed by atoms with Crippen LogP contribution in [-0.4, -0.2) is 58.1 Å². The van der Waals surface area contributed by atoms with Crippen LogP contribution >= 0.6 is 11.6 Å². The van der Waals surface area contributed by atoms with Crippen molar-refractivity contribution in [3.8, 4) is 5.75 Å². The van der Waals surface area contributed by atoms with Crippen LogP contribution in [0.5, 0.6) is 5.75 Å². The maximum absolute atomic E-state index is 13.5. The summed E-state index contributed by atoms with van der Waals surface area (Å²) in [5.41, 5.74) is 0.227. The van der Waals surface area contributed by atoms with Gasteiger partial charge in [0.25, 0.3) is 17.4 Å². The van der Waals surface area contributed by atoms with Gasteiger partial charge in [0, 0.05) is 32.3 Å². The summed E-state index contributed by atoms with van der Waals surface area (Å²) < 4.78 is 19.9. The summed E-state index contributed by atoms with van der Waals surface area (Å²) >= 11 is 5.85. The minimum Gasteiger partial charge on any atom is -0.502 e. The number of amides is 2. The molecule has 0 spiro atoms. The van der Waals surface area contributed by atoms with Gasteiger partial charge >= 0.3 is 0 Å². The monoisotopic (exact) mass is 477 g/mol. The molecule has 1 aromatic heterocycles. The number of benzene rings is 1. The highest BCUT2D eigenvalue weighted by Gasteiger charge is 2.44. The zero-order valence-corrected chi connectivity index (χ0v) is 19.4. The number of methoxy groups -OCH3 is 1. The Hall–Kier alpha value is -2.91. The molecule has 0 fully saturated rings. The van der Waals surface area contributed by atoms with Crippen molar-refractivity contribution >= 4 is 23.4 Å². The molecule has 1 atom stereocenters. The molecule has 1 aromatic carbocycles. The first-order chi connectivity index (χ1) is 15.7. The average molecular weight is 478 g/mol. The van der Waals surface area contributed by atoms with Crippen molar-refractivity contribution in [2.45, 2.75) is 33.0 Å². The number of nitrogens with zero attached hydrogens (tertiary/aromatic N) is 3. The lowest BCUT2D eigenvalue weighted by molar-refractivity contribution is 0.0529. The van der Waals surface area contributed by atoms with Crippen molar-refractivity contribution in [2.75, 3.05) is 26.8 Å². The average Bonchev–Trinajstić information content (AvgIpc) is 3.07. The second-order valence-electron chi connectivity index (χ2n) is 8.60. The number of aromatic hydroxyl groups is 1. The number of halogens is 2. The zero-order valence-electron chi connectivity index (χ0n) is 18.6. The number of hydrogen-bond acceptors (Lipinski definition) is 5. The molecule has 0 saturated heterocycles. The highest BCUT2D eigenvalue weighted by Crippen LogP contribution is 2.37. The van der Waals surface area contributed by atoms with E-state index in [1.54, 1.807) is 4.90 Å². The molecule has 176 valence electrons. The van der Waals surface area contributed by atoms with Crippen molar-refractivity contribution in [1.29, 1.82) is 0 Å². The molecule has 33 heavy (non-hydrogen) atoms. The van der Waals surface area contributed by atoms with Crippen molar-refractivity contribution < 1.29 is 23.8 Å². The predicted molar refractivity (Wildman–Crippen MR) is 119 cm³/mol. The van der Waals surface area contributed by atoms with Crippen molar-refractivity contribution in [3.05, 3.63) is 61.8 Å². The van der Waals surface area contributed by atoms with Crippen LogP contribution in [0, 0.1) is 11.7 Å². The molecule has 3 heterocycles. The van der Waals surface area contributed by atoms with Crippen molar-refractivity contribution in [1.82, 2.24) is 14.4 Å². The lowest BCUT2D eigenvalue weighted by atomic mass is 9.95. The fourth-order valence-electron chi connectivity index (χ4n) is 4.68. The molecule has 2 aliphatic heterocycles. The van der Waals surface area contributed by atoms with Crippen LogP contribution in [0.4, 0.5) is 4.39 Å². The molecule has 2 aliphatic rings. The summed E-state index contributed by atoms with van der Waals surface area (Å²) in [6, 6.07) is 4.17. The molecule has 4 rings (SSSR count). The lowest BCUT2D eigenvalue weighted by Crippen LogP contribution is -2.40. The Morgan fingerprint density at radius 3 is 2.61 bits per heavy atom. The number of fused-ring (bicyclic) bond motifs is 3. The highest BCUT2D eigenvalue weighted by atomic mass is 35.5. The molecule has 0 aliphatic carbocycles. The summed E-state index contributed by atoms with van der Waals surface area (Å²) in [5, 5.41) is 10.7. The van der Waals surface area contributed by atoms with Gasteiger partial charge in [0.05, 0.1) is 17.2 Å². The van der Waals surface area contributed by atoms with Crippen molar-refractivity contribution in [2.24, 2.45) is 5.92 Å². The van der Waals surface area contributed by atoms with Crippen LogP contribution in [0.1, 0.15) is 52.0 Å². The van der Waals surface area contributed by atoms with Gasteiger partial charge in [-0.15, -0.1) is 0 Å². The minimum absolute atomic E-state index is 0.0576. The molecule has 0 saturated carbocycles. The van der Waals surface area contributed by atoms with E-state index in [9.17, 15) is 23.9 Å². The molecule has 0 radical (unpaired) electrons. The van der Waals surface area contributed by atoms with Crippen LogP contribution in [0.3, 0.4) is 0 Å². The molecule has 1 N–H and O–H groups in total. The fraction of sp³-hybridized carbons (Fsp3) is 0.435. The van der Waals surface area contributed by atoms with Crippen LogP contribution in [0.15, 0.2) is 23.0 Å². The third kappa shape index (κ3) is 3.79. The predicted octanol–water partition coefficient (Wildman–Crippen LogP) is 2.80. The Morgan fingerprint density at radius 1 is 1.24 bits per heavy atom. The van der Waals surface area contributed by atoms with E-state index in [2.05, 4.69) is 0 Å². The maximum Gasteiger partial charge on any atom is 0.295 e. The molecular formula is C23H25ClFN3O5. The molecule has 1 unspecified atom stereocenters. The fourth-order valence-corrected chi connectivity index (χ4v) is 4.88. The zero-order chi connectivity index (χ0) is 24.0. The molecule has 10 heteroatoms. The summed E-state index contributed by atoms with van der Waals surface area (Å²) in [4.78, 5) is 42.8. The number of carbonyl (C=O) groups is 2. The SMILES string of the molecule is COCCN1C(=O)c2c3c(c(O)c(=O)n2C1C(C)C)C(=O)N(Cc1ccc(F)c(Cl)c1)CC3.